The molecule has 0 radical (unpaired) electrons. The summed E-state index contributed by atoms with van der Waals surface area (Å²) in [4.78, 5) is 29.2. The van der Waals surface area contributed by atoms with Crippen molar-refractivity contribution in [2.45, 2.75) is 39.0 Å². The van der Waals surface area contributed by atoms with Crippen molar-refractivity contribution in [3.8, 4) is 0 Å². The topological polar surface area (TPSA) is 49.9 Å². The van der Waals surface area contributed by atoms with Gasteiger partial charge in [-0.15, -0.1) is 0 Å². The first kappa shape index (κ1) is 15.8. The van der Waals surface area contributed by atoms with E-state index in [9.17, 15) is 9.59 Å². The van der Waals surface area contributed by atoms with Gasteiger partial charge in [-0.2, -0.15) is 0 Å². The molecule has 3 atom stereocenters. The van der Waals surface area contributed by atoms with Crippen molar-refractivity contribution in [2.75, 3.05) is 39.9 Å². The minimum absolute atomic E-state index is 0.210. The van der Waals surface area contributed by atoms with Gasteiger partial charge in [0.2, 0.25) is 11.8 Å². The number of hydrogen-bond donors (Lipinski definition) is 0. The summed E-state index contributed by atoms with van der Waals surface area (Å²) in [6.07, 6.45) is 4.71. The van der Waals surface area contributed by atoms with Crippen molar-refractivity contribution in [3.05, 3.63) is 0 Å². The number of ether oxygens (including phenoxy) is 1. The Labute approximate surface area is 133 Å². The molecule has 0 aromatic rings. The van der Waals surface area contributed by atoms with Crippen LogP contribution in [0.2, 0.25) is 0 Å². The predicted octanol–water partition coefficient (Wildman–Crippen LogP) is 1.52. The van der Waals surface area contributed by atoms with E-state index in [1.807, 2.05) is 9.80 Å². The molecule has 2 heterocycles. The Bertz CT molecular complexity index is 453. The molecule has 1 saturated carbocycles. The van der Waals surface area contributed by atoms with E-state index in [4.69, 9.17) is 4.74 Å². The van der Waals surface area contributed by atoms with E-state index in [-0.39, 0.29) is 11.3 Å². The summed E-state index contributed by atoms with van der Waals surface area (Å²) in [6.45, 7) is 5.87. The van der Waals surface area contributed by atoms with E-state index in [0.717, 1.165) is 51.7 Å². The lowest BCUT2D eigenvalue weighted by molar-refractivity contribution is -0.138. The highest BCUT2D eigenvalue weighted by molar-refractivity contribution is 5.85. The molecule has 124 valence electrons. The maximum Gasteiger partial charge on any atom is 0.229 e. The van der Waals surface area contributed by atoms with E-state index < -0.39 is 0 Å². The van der Waals surface area contributed by atoms with Gasteiger partial charge in [0.1, 0.15) is 0 Å². The van der Waals surface area contributed by atoms with Crippen LogP contribution in [0.3, 0.4) is 0 Å². The summed E-state index contributed by atoms with van der Waals surface area (Å²) in [7, 11) is 1.67. The summed E-state index contributed by atoms with van der Waals surface area (Å²) in [6, 6.07) is 0. The van der Waals surface area contributed by atoms with E-state index in [1.165, 1.54) is 0 Å². The molecule has 0 bridgehead atoms. The molecule has 3 fully saturated rings. The van der Waals surface area contributed by atoms with Crippen LogP contribution in [0.15, 0.2) is 0 Å². The lowest BCUT2D eigenvalue weighted by Crippen LogP contribution is -2.38. The van der Waals surface area contributed by atoms with Crippen LogP contribution < -0.4 is 0 Å². The predicted molar refractivity (Wildman–Crippen MR) is 83.2 cm³/mol. The van der Waals surface area contributed by atoms with Crippen LogP contribution in [0.1, 0.15) is 39.0 Å². The summed E-state index contributed by atoms with van der Waals surface area (Å²) < 4.78 is 5.10. The standard InChI is InChI=1S/C17H28N2O3/c1-13-12-14(13)15(20)18-7-3-4-17(5-8-18)6-9-19(16(17)21)10-11-22-2/h13-14H,3-12H2,1-2H3/t13-,14+,17+/m0/s1. The molecular weight excluding hydrogens is 280 g/mol. The lowest BCUT2D eigenvalue weighted by atomic mass is 9.79. The Balaban J connectivity index is 1.60. The van der Waals surface area contributed by atoms with Crippen molar-refractivity contribution < 1.29 is 14.3 Å². The van der Waals surface area contributed by atoms with Crippen molar-refractivity contribution in [2.24, 2.45) is 17.3 Å². The molecule has 2 saturated heterocycles. The van der Waals surface area contributed by atoms with Gasteiger partial charge in [0.05, 0.1) is 12.0 Å². The van der Waals surface area contributed by atoms with Gasteiger partial charge in [0.15, 0.2) is 0 Å². The monoisotopic (exact) mass is 308 g/mol. The first-order valence-electron chi connectivity index (χ1n) is 8.64. The number of nitrogens with zero attached hydrogens (tertiary/aromatic N) is 2. The second-order valence-corrected chi connectivity index (χ2v) is 7.31. The van der Waals surface area contributed by atoms with Gasteiger partial charge < -0.3 is 14.5 Å². The first-order chi connectivity index (χ1) is 10.6. The van der Waals surface area contributed by atoms with E-state index >= 15 is 0 Å². The SMILES string of the molecule is COCCN1CC[C@]2(CCCN(C(=O)[C@@H]3C[C@@H]3C)CC2)C1=O. The van der Waals surface area contributed by atoms with Gasteiger partial charge in [-0.25, -0.2) is 0 Å². The van der Waals surface area contributed by atoms with Crippen molar-refractivity contribution in [3.63, 3.8) is 0 Å². The smallest absolute Gasteiger partial charge is 0.229 e. The fourth-order valence-electron chi connectivity index (χ4n) is 4.09. The molecule has 0 aromatic heterocycles. The largest absolute Gasteiger partial charge is 0.383 e. The maximum atomic E-state index is 12.8. The fraction of sp³-hybridized carbons (Fsp3) is 0.882. The molecular formula is C17H28N2O3. The zero-order valence-electron chi connectivity index (χ0n) is 13.8. The molecule has 0 N–H and O–H groups in total. The van der Waals surface area contributed by atoms with Crippen LogP contribution in [-0.2, 0) is 14.3 Å². The number of carbonyl (C=O) groups excluding carboxylic acids is 2. The van der Waals surface area contributed by atoms with Crippen LogP contribution >= 0.6 is 0 Å². The van der Waals surface area contributed by atoms with E-state index in [2.05, 4.69) is 6.92 Å². The molecule has 0 aromatic carbocycles. The Hall–Kier alpha value is -1.10. The average Bonchev–Trinajstić information content (AvgIpc) is 3.21. The number of likely N-dealkylation sites (tertiary alicyclic amines) is 2. The molecule has 3 rings (SSSR count). The number of hydrogen-bond acceptors (Lipinski definition) is 3. The molecule has 5 heteroatoms. The van der Waals surface area contributed by atoms with Gasteiger partial charge in [0.25, 0.3) is 0 Å². The van der Waals surface area contributed by atoms with Gasteiger partial charge in [-0.1, -0.05) is 6.92 Å². The highest BCUT2D eigenvalue weighted by atomic mass is 16.5. The molecule has 5 nitrogen and oxygen atoms in total. The molecule has 1 spiro atoms. The highest BCUT2D eigenvalue weighted by Crippen LogP contribution is 2.43. The van der Waals surface area contributed by atoms with Crippen LogP contribution in [0.25, 0.3) is 0 Å². The van der Waals surface area contributed by atoms with Gasteiger partial charge >= 0.3 is 0 Å². The zero-order chi connectivity index (χ0) is 15.7. The van der Waals surface area contributed by atoms with Crippen LogP contribution in [0.5, 0.6) is 0 Å². The second-order valence-electron chi connectivity index (χ2n) is 7.31. The molecule has 0 unspecified atom stereocenters. The third-order valence-electron chi connectivity index (χ3n) is 5.85. The fourth-order valence-corrected chi connectivity index (χ4v) is 4.09. The van der Waals surface area contributed by atoms with Gasteiger partial charge in [-0.05, 0) is 38.0 Å². The molecule has 3 aliphatic rings. The maximum absolute atomic E-state index is 12.8. The number of rotatable bonds is 4. The minimum Gasteiger partial charge on any atom is -0.383 e. The zero-order valence-corrected chi connectivity index (χ0v) is 13.8. The summed E-state index contributed by atoms with van der Waals surface area (Å²) in [5.41, 5.74) is -0.210. The summed E-state index contributed by atoms with van der Waals surface area (Å²) in [5.74, 6) is 1.43. The van der Waals surface area contributed by atoms with Gasteiger partial charge in [-0.3, -0.25) is 9.59 Å². The highest BCUT2D eigenvalue weighted by Gasteiger charge is 2.48. The normalized spacial score (nSPS) is 35.1. The average molecular weight is 308 g/mol. The number of amides is 2. The van der Waals surface area contributed by atoms with E-state index in [0.29, 0.717) is 30.9 Å². The Morgan fingerprint density at radius 1 is 1.27 bits per heavy atom. The van der Waals surface area contributed by atoms with Crippen molar-refractivity contribution in [1.29, 1.82) is 0 Å². The minimum atomic E-state index is -0.210. The summed E-state index contributed by atoms with van der Waals surface area (Å²) in [5, 5.41) is 0. The molecule has 2 aliphatic heterocycles. The van der Waals surface area contributed by atoms with Crippen LogP contribution in [-0.4, -0.2) is 61.5 Å². The first-order valence-corrected chi connectivity index (χ1v) is 8.64. The number of methoxy groups -OCH3 is 1. The van der Waals surface area contributed by atoms with Crippen molar-refractivity contribution >= 4 is 11.8 Å². The quantitative estimate of drug-likeness (QED) is 0.791. The molecule has 2 amide bonds. The van der Waals surface area contributed by atoms with Crippen molar-refractivity contribution in [1.82, 2.24) is 9.80 Å². The summed E-state index contributed by atoms with van der Waals surface area (Å²) >= 11 is 0. The molecule has 22 heavy (non-hydrogen) atoms. The number of carbonyl (C=O) groups is 2. The Kier molecular flexibility index (Phi) is 4.44. The Morgan fingerprint density at radius 3 is 2.68 bits per heavy atom. The Morgan fingerprint density at radius 2 is 2.00 bits per heavy atom. The second kappa shape index (κ2) is 6.19. The van der Waals surface area contributed by atoms with Crippen LogP contribution in [0.4, 0.5) is 0 Å². The van der Waals surface area contributed by atoms with Gasteiger partial charge in [0, 0.05) is 39.2 Å². The lowest BCUT2D eigenvalue weighted by Gasteiger charge is -2.26. The van der Waals surface area contributed by atoms with E-state index in [1.54, 1.807) is 7.11 Å². The third kappa shape index (κ3) is 2.87. The molecule has 1 aliphatic carbocycles. The third-order valence-corrected chi connectivity index (χ3v) is 5.85. The van der Waals surface area contributed by atoms with Crippen LogP contribution in [0, 0.1) is 17.3 Å².